The predicted octanol–water partition coefficient (Wildman–Crippen LogP) is 5.71. The zero-order valence-electron chi connectivity index (χ0n) is 15.1. The van der Waals surface area contributed by atoms with Crippen LogP contribution in [-0.4, -0.2) is 15.0 Å². The highest BCUT2D eigenvalue weighted by atomic mass is 35.5. The van der Waals surface area contributed by atoms with E-state index in [0.717, 1.165) is 33.4 Å². The summed E-state index contributed by atoms with van der Waals surface area (Å²) in [5.74, 6) is 0. The zero-order valence-corrected chi connectivity index (χ0v) is 15.8. The third-order valence-corrected chi connectivity index (χ3v) is 4.74. The van der Waals surface area contributed by atoms with Gasteiger partial charge in [-0.25, -0.2) is 4.98 Å². The summed E-state index contributed by atoms with van der Waals surface area (Å²) in [5.41, 5.74) is 5.80. The molecule has 6 heteroatoms. The van der Waals surface area contributed by atoms with E-state index in [-0.39, 0.29) is 0 Å². The molecular formula is C22H16ClN5. The van der Waals surface area contributed by atoms with Gasteiger partial charge in [0.15, 0.2) is 0 Å². The lowest BCUT2D eigenvalue weighted by Gasteiger charge is -2.14. The topological polar surface area (TPSA) is 77.4 Å². The summed E-state index contributed by atoms with van der Waals surface area (Å²) in [7, 11) is 0. The largest absolute Gasteiger partial charge is 0.361 e. The van der Waals surface area contributed by atoms with Crippen molar-refractivity contribution in [3.63, 3.8) is 0 Å². The number of benzene rings is 1. The fourth-order valence-corrected chi connectivity index (χ4v) is 3.24. The molecule has 0 radical (unpaired) electrons. The molecule has 0 aliphatic rings. The Morgan fingerprint density at radius 2 is 2.04 bits per heavy atom. The van der Waals surface area contributed by atoms with Gasteiger partial charge < -0.3 is 10.3 Å². The molecule has 0 amide bonds. The molecule has 2 N–H and O–H groups in total. The number of pyridine rings is 2. The number of aryl methyl sites for hydroxylation is 1. The number of hydrogen-bond acceptors (Lipinski definition) is 4. The standard InChI is InChI=1S/C22H16ClN5/c1-14-18-9-10-26-20(18)8-7-19(14)28-22-15(12-25-13-16(22)11-24)5-6-17-3-2-4-21(23)27-17/h2-10,12-13,26H,1H3,(H,25,28). The number of nitrogens with one attached hydrogen (secondary N) is 2. The number of halogens is 1. The first kappa shape index (κ1) is 17.8. The van der Waals surface area contributed by atoms with Crippen LogP contribution in [0.5, 0.6) is 0 Å². The summed E-state index contributed by atoms with van der Waals surface area (Å²) >= 11 is 5.95. The quantitative estimate of drug-likeness (QED) is 0.441. The van der Waals surface area contributed by atoms with Crippen LogP contribution in [0.15, 0.2) is 55.0 Å². The second kappa shape index (κ2) is 7.55. The van der Waals surface area contributed by atoms with Crippen LogP contribution in [0, 0.1) is 18.3 Å². The molecular weight excluding hydrogens is 370 g/mol. The Labute approximate surface area is 167 Å². The third kappa shape index (κ3) is 3.46. The van der Waals surface area contributed by atoms with Crippen LogP contribution in [0.25, 0.3) is 23.1 Å². The lowest BCUT2D eigenvalue weighted by molar-refractivity contribution is 1.28. The van der Waals surface area contributed by atoms with E-state index in [1.165, 1.54) is 0 Å². The summed E-state index contributed by atoms with van der Waals surface area (Å²) in [4.78, 5) is 11.7. The van der Waals surface area contributed by atoms with E-state index in [9.17, 15) is 5.26 Å². The number of aromatic amines is 1. The molecule has 0 aliphatic heterocycles. The Bertz CT molecular complexity index is 1230. The van der Waals surface area contributed by atoms with Gasteiger partial charge in [0.05, 0.1) is 16.9 Å². The molecule has 3 heterocycles. The Morgan fingerprint density at radius 1 is 1.14 bits per heavy atom. The van der Waals surface area contributed by atoms with Gasteiger partial charge in [0.1, 0.15) is 11.2 Å². The van der Waals surface area contributed by atoms with Crippen molar-refractivity contribution in [1.82, 2.24) is 15.0 Å². The molecule has 1 aromatic carbocycles. The minimum Gasteiger partial charge on any atom is -0.361 e. The van der Waals surface area contributed by atoms with E-state index in [1.807, 2.05) is 48.7 Å². The maximum absolute atomic E-state index is 9.56. The van der Waals surface area contributed by atoms with Crippen molar-refractivity contribution in [3.05, 3.63) is 82.5 Å². The molecule has 4 aromatic rings. The number of rotatable bonds is 4. The van der Waals surface area contributed by atoms with E-state index in [2.05, 4.69) is 33.3 Å². The summed E-state index contributed by atoms with van der Waals surface area (Å²) in [5, 5.41) is 14.5. The van der Waals surface area contributed by atoms with Crippen LogP contribution in [0.1, 0.15) is 22.4 Å². The number of H-pyrrole nitrogens is 1. The third-order valence-electron chi connectivity index (χ3n) is 4.53. The average molecular weight is 386 g/mol. The van der Waals surface area contributed by atoms with Crippen molar-refractivity contribution in [1.29, 1.82) is 5.26 Å². The fraction of sp³-hybridized carbons (Fsp3) is 0.0455. The maximum Gasteiger partial charge on any atom is 0.129 e. The Hall–Kier alpha value is -3.62. The van der Waals surface area contributed by atoms with Crippen molar-refractivity contribution in [3.8, 4) is 6.07 Å². The molecule has 0 saturated carbocycles. The van der Waals surface area contributed by atoms with Gasteiger partial charge in [-0.3, -0.25) is 4.98 Å². The molecule has 0 bridgehead atoms. The van der Waals surface area contributed by atoms with Gasteiger partial charge in [0, 0.05) is 40.7 Å². The second-order valence-corrected chi connectivity index (χ2v) is 6.67. The first-order valence-corrected chi connectivity index (χ1v) is 9.06. The predicted molar refractivity (Wildman–Crippen MR) is 113 cm³/mol. The van der Waals surface area contributed by atoms with Gasteiger partial charge in [0.2, 0.25) is 0 Å². The lowest BCUT2D eigenvalue weighted by Crippen LogP contribution is -1.99. The number of nitrogens with zero attached hydrogens (tertiary/aromatic N) is 3. The van der Waals surface area contributed by atoms with Gasteiger partial charge in [-0.1, -0.05) is 17.7 Å². The minimum absolute atomic E-state index is 0.430. The number of anilines is 2. The highest BCUT2D eigenvalue weighted by molar-refractivity contribution is 6.29. The maximum atomic E-state index is 9.56. The van der Waals surface area contributed by atoms with Crippen molar-refractivity contribution >= 4 is 46.0 Å². The number of aromatic nitrogens is 3. The van der Waals surface area contributed by atoms with Crippen LogP contribution < -0.4 is 5.32 Å². The molecule has 3 aromatic heterocycles. The molecule has 0 fully saturated rings. The minimum atomic E-state index is 0.430. The summed E-state index contributed by atoms with van der Waals surface area (Å²) in [6.07, 6.45) is 8.91. The number of fused-ring (bicyclic) bond motifs is 1. The second-order valence-electron chi connectivity index (χ2n) is 6.28. The Balaban J connectivity index is 1.75. The van der Waals surface area contributed by atoms with Crippen LogP contribution in [0.3, 0.4) is 0 Å². The Kier molecular flexibility index (Phi) is 4.79. The smallest absolute Gasteiger partial charge is 0.129 e. The van der Waals surface area contributed by atoms with E-state index >= 15 is 0 Å². The zero-order chi connectivity index (χ0) is 19.5. The molecule has 5 nitrogen and oxygen atoms in total. The van der Waals surface area contributed by atoms with E-state index in [1.54, 1.807) is 18.5 Å². The van der Waals surface area contributed by atoms with Crippen molar-refractivity contribution in [2.24, 2.45) is 0 Å². The normalized spacial score (nSPS) is 11.0. The van der Waals surface area contributed by atoms with Gasteiger partial charge in [0.25, 0.3) is 0 Å². The lowest BCUT2D eigenvalue weighted by atomic mass is 10.1. The molecule has 0 spiro atoms. The fourth-order valence-electron chi connectivity index (χ4n) is 3.07. The first-order chi connectivity index (χ1) is 13.7. The first-order valence-electron chi connectivity index (χ1n) is 8.68. The number of hydrogen-bond donors (Lipinski definition) is 2. The SMILES string of the molecule is Cc1c(Nc2c(C#N)cncc2C=Cc2cccc(Cl)n2)ccc2[nH]ccc12. The monoisotopic (exact) mass is 385 g/mol. The van der Waals surface area contributed by atoms with Crippen LogP contribution in [-0.2, 0) is 0 Å². The molecule has 0 atom stereocenters. The summed E-state index contributed by atoms with van der Waals surface area (Å²) in [6.45, 7) is 2.05. The molecule has 0 aliphatic carbocycles. The Morgan fingerprint density at radius 3 is 2.86 bits per heavy atom. The van der Waals surface area contributed by atoms with Crippen LogP contribution in [0.4, 0.5) is 11.4 Å². The van der Waals surface area contributed by atoms with Crippen molar-refractivity contribution < 1.29 is 0 Å². The van der Waals surface area contributed by atoms with E-state index < -0.39 is 0 Å². The average Bonchev–Trinajstić information content (AvgIpc) is 3.19. The van der Waals surface area contributed by atoms with Gasteiger partial charge in [-0.15, -0.1) is 0 Å². The van der Waals surface area contributed by atoms with Crippen molar-refractivity contribution in [2.45, 2.75) is 6.92 Å². The highest BCUT2D eigenvalue weighted by Gasteiger charge is 2.11. The van der Waals surface area contributed by atoms with Crippen LogP contribution in [0.2, 0.25) is 5.15 Å². The molecule has 28 heavy (non-hydrogen) atoms. The number of nitriles is 1. The van der Waals surface area contributed by atoms with E-state index in [0.29, 0.717) is 16.4 Å². The summed E-state index contributed by atoms with van der Waals surface area (Å²) in [6, 6.07) is 13.7. The molecule has 4 rings (SSSR count). The van der Waals surface area contributed by atoms with Crippen LogP contribution >= 0.6 is 11.6 Å². The van der Waals surface area contributed by atoms with E-state index in [4.69, 9.17) is 11.6 Å². The molecule has 136 valence electrons. The summed E-state index contributed by atoms with van der Waals surface area (Å²) < 4.78 is 0. The molecule has 0 saturated heterocycles. The molecule has 0 unspecified atom stereocenters. The highest BCUT2D eigenvalue weighted by Crippen LogP contribution is 2.31. The van der Waals surface area contributed by atoms with Gasteiger partial charge in [-0.2, -0.15) is 5.26 Å². The van der Waals surface area contributed by atoms with Crippen molar-refractivity contribution in [2.75, 3.05) is 5.32 Å². The van der Waals surface area contributed by atoms with Gasteiger partial charge >= 0.3 is 0 Å². The van der Waals surface area contributed by atoms with Gasteiger partial charge in [-0.05, 0) is 55.0 Å².